The Morgan fingerprint density at radius 2 is 1.84 bits per heavy atom. The van der Waals surface area contributed by atoms with Gasteiger partial charge >= 0.3 is 0 Å². The van der Waals surface area contributed by atoms with E-state index in [0.29, 0.717) is 10.6 Å². The zero-order valence-electron chi connectivity index (χ0n) is 14.3. The number of rotatable bonds is 5. The van der Waals surface area contributed by atoms with Crippen molar-refractivity contribution in [3.05, 3.63) is 83.6 Å². The minimum Gasteiger partial charge on any atom is -0.321 e. The Morgan fingerprint density at radius 1 is 1.04 bits per heavy atom. The Balaban J connectivity index is 1.89. The maximum Gasteiger partial charge on any atom is 0.258 e. The van der Waals surface area contributed by atoms with Crippen LogP contribution in [0.15, 0.2) is 76.8 Å². The zero-order valence-corrected chi connectivity index (χ0v) is 15.1. The van der Waals surface area contributed by atoms with Crippen LogP contribution < -0.4 is 5.32 Å². The van der Waals surface area contributed by atoms with Gasteiger partial charge in [-0.25, -0.2) is 4.98 Å². The first-order valence-electron chi connectivity index (χ1n) is 8.26. The lowest BCUT2D eigenvalue weighted by Crippen LogP contribution is -2.15. The second-order valence-corrected chi connectivity index (χ2v) is 6.75. The predicted molar refractivity (Wildman–Crippen MR) is 103 cm³/mol. The zero-order chi connectivity index (χ0) is 17.6. The van der Waals surface area contributed by atoms with E-state index in [1.165, 1.54) is 11.8 Å². The minimum atomic E-state index is -0.129. The summed E-state index contributed by atoms with van der Waals surface area (Å²) in [5.74, 6) is -0.129. The van der Waals surface area contributed by atoms with Crippen molar-refractivity contribution in [1.29, 1.82) is 0 Å². The Bertz CT molecular complexity index is 878. The highest BCUT2D eigenvalue weighted by molar-refractivity contribution is 7.99. The third-order valence-corrected chi connectivity index (χ3v) is 4.98. The number of carbonyl (C=O) groups is 1. The lowest BCUT2D eigenvalue weighted by Gasteiger charge is -2.14. The van der Waals surface area contributed by atoms with Gasteiger partial charge in [0.2, 0.25) is 0 Å². The van der Waals surface area contributed by atoms with Crippen molar-refractivity contribution in [2.24, 2.45) is 0 Å². The minimum absolute atomic E-state index is 0.129. The highest BCUT2D eigenvalue weighted by Crippen LogP contribution is 2.29. The van der Waals surface area contributed by atoms with Crippen LogP contribution in [0.1, 0.15) is 28.4 Å². The lowest BCUT2D eigenvalue weighted by atomic mass is 10.1. The van der Waals surface area contributed by atoms with Crippen molar-refractivity contribution in [2.75, 3.05) is 5.32 Å². The average molecular weight is 348 g/mol. The van der Waals surface area contributed by atoms with Crippen LogP contribution in [-0.4, -0.2) is 10.9 Å². The van der Waals surface area contributed by atoms with Crippen LogP contribution in [-0.2, 0) is 6.42 Å². The van der Waals surface area contributed by atoms with Gasteiger partial charge in [0.25, 0.3) is 5.91 Å². The quantitative estimate of drug-likeness (QED) is 0.675. The molecule has 0 saturated carbocycles. The van der Waals surface area contributed by atoms with Gasteiger partial charge in [-0.3, -0.25) is 4.79 Å². The van der Waals surface area contributed by atoms with Gasteiger partial charge in [-0.15, -0.1) is 0 Å². The van der Waals surface area contributed by atoms with Crippen LogP contribution in [0.2, 0.25) is 0 Å². The fourth-order valence-corrected chi connectivity index (χ4v) is 3.53. The standard InChI is InChI=1S/C21H20N2OS/c1-3-16-10-7-9-15(2)19(16)23-20(24)18-13-8-14-22-21(18)25-17-11-5-4-6-12-17/h4-14H,3H2,1-2H3,(H,23,24). The first-order valence-corrected chi connectivity index (χ1v) is 9.08. The van der Waals surface area contributed by atoms with Crippen LogP contribution in [0.5, 0.6) is 0 Å². The number of benzene rings is 2. The number of hydrogen-bond donors (Lipinski definition) is 1. The topological polar surface area (TPSA) is 42.0 Å². The molecular weight excluding hydrogens is 328 g/mol. The number of nitrogens with one attached hydrogen (secondary N) is 1. The van der Waals surface area contributed by atoms with Gasteiger partial charge in [0.15, 0.2) is 0 Å². The summed E-state index contributed by atoms with van der Waals surface area (Å²) in [6, 6.07) is 19.6. The van der Waals surface area contributed by atoms with E-state index in [1.54, 1.807) is 12.3 Å². The molecule has 3 rings (SSSR count). The number of aromatic nitrogens is 1. The summed E-state index contributed by atoms with van der Waals surface area (Å²) in [6.07, 6.45) is 2.59. The highest BCUT2D eigenvalue weighted by Gasteiger charge is 2.15. The summed E-state index contributed by atoms with van der Waals surface area (Å²) in [4.78, 5) is 18.3. The molecule has 0 radical (unpaired) electrons. The molecule has 1 amide bonds. The molecule has 0 unspecified atom stereocenters. The van der Waals surface area contributed by atoms with E-state index in [4.69, 9.17) is 0 Å². The van der Waals surface area contributed by atoms with Crippen LogP contribution in [0.3, 0.4) is 0 Å². The van der Waals surface area contributed by atoms with E-state index in [9.17, 15) is 4.79 Å². The van der Waals surface area contributed by atoms with E-state index in [1.807, 2.05) is 61.5 Å². The Kier molecular flexibility index (Phi) is 5.51. The van der Waals surface area contributed by atoms with Crippen LogP contribution in [0.25, 0.3) is 0 Å². The largest absolute Gasteiger partial charge is 0.321 e. The number of amides is 1. The van der Waals surface area contributed by atoms with Gasteiger partial charge in [-0.1, -0.05) is 55.1 Å². The third kappa shape index (κ3) is 4.09. The fourth-order valence-electron chi connectivity index (χ4n) is 2.63. The first kappa shape index (κ1) is 17.2. The summed E-state index contributed by atoms with van der Waals surface area (Å²) in [6.45, 7) is 4.10. The second kappa shape index (κ2) is 7.99. The molecule has 1 N–H and O–H groups in total. The van der Waals surface area contributed by atoms with Gasteiger partial charge in [0.1, 0.15) is 5.03 Å². The molecule has 1 heterocycles. The number of pyridine rings is 1. The van der Waals surface area contributed by atoms with Crippen molar-refractivity contribution in [1.82, 2.24) is 4.98 Å². The number of aryl methyl sites for hydroxylation is 2. The van der Waals surface area contributed by atoms with Gasteiger partial charge in [0, 0.05) is 16.8 Å². The normalized spacial score (nSPS) is 10.5. The molecule has 126 valence electrons. The van der Waals surface area contributed by atoms with Crippen LogP contribution in [0.4, 0.5) is 5.69 Å². The van der Waals surface area contributed by atoms with Crippen molar-refractivity contribution >= 4 is 23.4 Å². The lowest BCUT2D eigenvalue weighted by molar-refractivity contribution is 0.102. The van der Waals surface area contributed by atoms with Crippen molar-refractivity contribution in [3.8, 4) is 0 Å². The summed E-state index contributed by atoms with van der Waals surface area (Å²) in [5.41, 5.74) is 3.68. The number of para-hydroxylation sites is 1. The summed E-state index contributed by atoms with van der Waals surface area (Å²) in [7, 11) is 0. The van der Waals surface area contributed by atoms with Gasteiger partial charge in [-0.2, -0.15) is 0 Å². The Hall–Kier alpha value is -2.59. The van der Waals surface area contributed by atoms with E-state index >= 15 is 0 Å². The molecule has 0 aliphatic heterocycles. The Morgan fingerprint density at radius 3 is 2.60 bits per heavy atom. The van der Waals surface area contributed by atoms with Crippen molar-refractivity contribution < 1.29 is 4.79 Å². The monoisotopic (exact) mass is 348 g/mol. The van der Waals surface area contributed by atoms with E-state index in [0.717, 1.165) is 28.1 Å². The molecule has 1 aromatic heterocycles. The molecule has 25 heavy (non-hydrogen) atoms. The van der Waals surface area contributed by atoms with Crippen molar-refractivity contribution in [2.45, 2.75) is 30.2 Å². The second-order valence-electron chi connectivity index (χ2n) is 5.69. The number of nitrogens with zero attached hydrogens (tertiary/aromatic N) is 1. The van der Waals surface area contributed by atoms with Gasteiger partial charge in [-0.05, 0) is 48.7 Å². The molecule has 0 saturated heterocycles. The van der Waals surface area contributed by atoms with Crippen molar-refractivity contribution in [3.63, 3.8) is 0 Å². The molecule has 0 fully saturated rings. The summed E-state index contributed by atoms with van der Waals surface area (Å²) in [5, 5.41) is 3.79. The van der Waals surface area contributed by atoms with E-state index in [-0.39, 0.29) is 5.91 Å². The van der Waals surface area contributed by atoms with Gasteiger partial charge in [0.05, 0.1) is 5.56 Å². The predicted octanol–water partition coefficient (Wildman–Crippen LogP) is 5.36. The SMILES string of the molecule is CCc1cccc(C)c1NC(=O)c1cccnc1Sc1ccccc1. The third-order valence-electron chi connectivity index (χ3n) is 3.95. The molecule has 3 nitrogen and oxygen atoms in total. The first-order chi connectivity index (χ1) is 12.2. The fraction of sp³-hybridized carbons (Fsp3) is 0.143. The maximum atomic E-state index is 12.9. The molecule has 0 atom stereocenters. The van der Waals surface area contributed by atoms with Crippen LogP contribution >= 0.6 is 11.8 Å². The molecule has 3 aromatic rings. The smallest absolute Gasteiger partial charge is 0.258 e. The molecule has 0 spiro atoms. The number of carbonyl (C=O) groups excluding carboxylic acids is 1. The molecule has 2 aromatic carbocycles. The van der Waals surface area contributed by atoms with Gasteiger partial charge < -0.3 is 5.32 Å². The number of hydrogen-bond acceptors (Lipinski definition) is 3. The maximum absolute atomic E-state index is 12.9. The molecule has 0 aliphatic rings. The molecule has 0 aliphatic carbocycles. The average Bonchev–Trinajstić information content (AvgIpc) is 2.64. The van der Waals surface area contributed by atoms with E-state index < -0.39 is 0 Å². The molecule has 0 bridgehead atoms. The Labute approximate surface area is 152 Å². The molecule has 4 heteroatoms. The van der Waals surface area contributed by atoms with Crippen LogP contribution in [0, 0.1) is 6.92 Å². The molecular formula is C21H20N2OS. The number of anilines is 1. The summed E-state index contributed by atoms with van der Waals surface area (Å²) >= 11 is 1.50. The van der Waals surface area contributed by atoms with E-state index in [2.05, 4.69) is 17.2 Å². The highest BCUT2D eigenvalue weighted by atomic mass is 32.2. The summed E-state index contributed by atoms with van der Waals surface area (Å²) < 4.78 is 0.